The van der Waals surface area contributed by atoms with Gasteiger partial charge in [0.25, 0.3) is 0 Å². The van der Waals surface area contributed by atoms with Crippen molar-refractivity contribution in [3.63, 3.8) is 0 Å². The molecule has 0 bridgehead atoms. The molecule has 2 fully saturated rings. The van der Waals surface area contributed by atoms with Gasteiger partial charge in [-0.2, -0.15) is 18.2 Å². The Morgan fingerprint density at radius 2 is 1.55 bits per heavy atom. The van der Waals surface area contributed by atoms with Crippen molar-refractivity contribution in [3.05, 3.63) is 47.7 Å². The Labute approximate surface area is 167 Å². The van der Waals surface area contributed by atoms with Crippen LogP contribution < -0.4 is 9.80 Å². The van der Waals surface area contributed by atoms with E-state index in [0.717, 1.165) is 68.7 Å². The monoisotopic (exact) mass is 407 g/mol. The summed E-state index contributed by atoms with van der Waals surface area (Å²) < 4.78 is 43.5. The number of alkyl halides is 3. The van der Waals surface area contributed by atoms with E-state index in [9.17, 15) is 13.2 Å². The van der Waals surface area contributed by atoms with Crippen LogP contribution in [0.5, 0.6) is 0 Å². The molecule has 6 nitrogen and oxygen atoms in total. The van der Waals surface area contributed by atoms with Gasteiger partial charge >= 0.3 is 6.18 Å². The maximum absolute atomic E-state index is 12.7. The van der Waals surface area contributed by atoms with Crippen LogP contribution in [0.25, 0.3) is 0 Å². The number of nitrogens with zero attached hydrogens (tertiary/aromatic N) is 5. The molecule has 0 aliphatic carbocycles. The van der Waals surface area contributed by atoms with Gasteiger partial charge in [-0.25, -0.2) is 4.98 Å². The molecule has 0 atom stereocenters. The highest BCUT2D eigenvalue weighted by molar-refractivity contribution is 5.44. The molecule has 1 aromatic carbocycles. The van der Waals surface area contributed by atoms with Crippen LogP contribution in [-0.2, 0) is 17.5 Å². The largest absolute Gasteiger partial charge is 0.416 e. The van der Waals surface area contributed by atoms with E-state index in [4.69, 9.17) is 9.72 Å². The molecule has 2 aliphatic heterocycles. The normalized spacial score (nSPS) is 18.9. The minimum Gasteiger partial charge on any atom is -0.378 e. The fraction of sp³-hybridized carbons (Fsp3) is 0.500. The zero-order valence-corrected chi connectivity index (χ0v) is 16.1. The molecular formula is C20H24F3N5O. The van der Waals surface area contributed by atoms with E-state index in [1.807, 2.05) is 6.07 Å². The number of morpholine rings is 1. The van der Waals surface area contributed by atoms with Crippen molar-refractivity contribution in [2.45, 2.75) is 12.7 Å². The highest BCUT2D eigenvalue weighted by atomic mass is 19.4. The van der Waals surface area contributed by atoms with Crippen LogP contribution in [0, 0.1) is 0 Å². The lowest BCUT2D eigenvalue weighted by atomic mass is 10.1. The number of hydrogen-bond donors (Lipinski definition) is 0. The zero-order chi connectivity index (χ0) is 20.3. The Bertz CT molecular complexity index is 801. The van der Waals surface area contributed by atoms with Gasteiger partial charge in [0.05, 0.1) is 18.8 Å². The first-order valence-corrected chi connectivity index (χ1v) is 9.78. The van der Waals surface area contributed by atoms with Crippen LogP contribution >= 0.6 is 0 Å². The van der Waals surface area contributed by atoms with Gasteiger partial charge in [0.2, 0.25) is 5.95 Å². The molecule has 2 saturated heterocycles. The minimum atomic E-state index is -4.29. The van der Waals surface area contributed by atoms with Gasteiger partial charge in [0, 0.05) is 52.0 Å². The zero-order valence-electron chi connectivity index (χ0n) is 16.1. The number of anilines is 2. The fourth-order valence-electron chi connectivity index (χ4n) is 3.62. The van der Waals surface area contributed by atoms with Gasteiger partial charge in [-0.15, -0.1) is 0 Å². The molecule has 0 unspecified atom stereocenters. The predicted molar refractivity (Wildman–Crippen MR) is 104 cm³/mol. The second-order valence-electron chi connectivity index (χ2n) is 7.27. The van der Waals surface area contributed by atoms with Gasteiger partial charge in [0.1, 0.15) is 5.82 Å². The third-order valence-corrected chi connectivity index (χ3v) is 5.31. The standard InChI is InChI=1S/C20H24F3N5O/c21-20(22,23)17-3-1-16(2-4-17)15-26-7-9-27(10-8-26)18-5-6-24-19(25-18)28-11-13-29-14-12-28/h1-6H,7-15H2. The Kier molecular flexibility index (Phi) is 5.86. The first-order chi connectivity index (χ1) is 14.0. The predicted octanol–water partition coefficient (Wildman–Crippen LogP) is 2.65. The minimum absolute atomic E-state index is 0.606. The van der Waals surface area contributed by atoms with E-state index >= 15 is 0 Å². The summed E-state index contributed by atoms with van der Waals surface area (Å²) in [5.74, 6) is 1.65. The molecule has 2 aliphatic rings. The molecule has 0 saturated carbocycles. The molecule has 3 heterocycles. The Balaban J connectivity index is 1.32. The number of aromatic nitrogens is 2. The SMILES string of the molecule is FC(F)(F)c1ccc(CN2CCN(c3ccnc(N4CCOCC4)n3)CC2)cc1. The maximum Gasteiger partial charge on any atom is 0.416 e. The molecule has 29 heavy (non-hydrogen) atoms. The number of halogens is 3. The summed E-state index contributed by atoms with van der Waals surface area (Å²) in [5, 5.41) is 0. The van der Waals surface area contributed by atoms with Crippen LogP contribution in [0.4, 0.5) is 24.9 Å². The number of benzene rings is 1. The van der Waals surface area contributed by atoms with Crippen LogP contribution in [-0.4, -0.2) is 67.4 Å². The first-order valence-electron chi connectivity index (χ1n) is 9.78. The first kappa shape index (κ1) is 19.9. The van der Waals surface area contributed by atoms with Crippen LogP contribution in [0.15, 0.2) is 36.5 Å². The summed E-state index contributed by atoms with van der Waals surface area (Å²) in [6.07, 6.45) is -2.50. The van der Waals surface area contributed by atoms with E-state index in [-0.39, 0.29) is 0 Å². The molecule has 0 N–H and O–H groups in total. The molecule has 0 radical (unpaired) electrons. The van der Waals surface area contributed by atoms with Crippen LogP contribution in [0.2, 0.25) is 0 Å². The Morgan fingerprint density at radius 3 is 2.21 bits per heavy atom. The fourth-order valence-corrected chi connectivity index (χ4v) is 3.62. The van der Waals surface area contributed by atoms with Crippen molar-refractivity contribution in [2.75, 3.05) is 62.3 Å². The summed E-state index contributed by atoms with van der Waals surface area (Å²) >= 11 is 0. The molecule has 9 heteroatoms. The van der Waals surface area contributed by atoms with Gasteiger partial charge < -0.3 is 14.5 Å². The van der Waals surface area contributed by atoms with E-state index in [1.54, 1.807) is 18.3 Å². The molecule has 0 amide bonds. The van der Waals surface area contributed by atoms with Gasteiger partial charge in [-0.3, -0.25) is 4.90 Å². The van der Waals surface area contributed by atoms with Crippen molar-refractivity contribution < 1.29 is 17.9 Å². The summed E-state index contributed by atoms with van der Waals surface area (Å²) in [4.78, 5) is 15.7. The third kappa shape index (κ3) is 4.97. The quantitative estimate of drug-likeness (QED) is 0.777. The average Bonchev–Trinajstić information content (AvgIpc) is 2.75. The Hall–Kier alpha value is -2.39. The van der Waals surface area contributed by atoms with Gasteiger partial charge in [-0.1, -0.05) is 12.1 Å². The summed E-state index contributed by atoms with van der Waals surface area (Å²) in [6.45, 7) is 6.92. The second kappa shape index (κ2) is 8.54. The van der Waals surface area contributed by atoms with E-state index in [1.165, 1.54) is 0 Å². The smallest absolute Gasteiger partial charge is 0.378 e. The lowest BCUT2D eigenvalue weighted by molar-refractivity contribution is -0.137. The lowest BCUT2D eigenvalue weighted by Gasteiger charge is -2.36. The number of hydrogen-bond acceptors (Lipinski definition) is 6. The van der Waals surface area contributed by atoms with Crippen molar-refractivity contribution in [2.24, 2.45) is 0 Å². The topological polar surface area (TPSA) is 44.7 Å². The molecule has 0 spiro atoms. The number of piperazine rings is 1. The van der Waals surface area contributed by atoms with Gasteiger partial charge in [-0.05, 0) is 23.8 Å². The average molecular weight is 407 g/mol. The van der Waals surface area contributed by atoms with E-state index in [0.29, 0.717) is 19.8 Å². The molecular weight excluding hydrogens is 383 g/mol. The van der Waals surface area contributed by atoms with Crippen molar-refractivity contribution >= 4 is 11.8 Å². The lowest BCUT2D eigenvalue weighted by Crippen LogP contribution is -2.46. The summed E-state index contributed by atoms with van der Waals surface area (Å²) in [5.41, 5.74) is 0.286. The highest BCUT2D eigenvalue weighted by Gasteiger charge is 2.30. The second-order valence-corrected chi connectivity index (χ2v) is 7.27. The van der Waals surface area contributed by atoms with Gasteiger partial charge in [0.15, 0.2) is 0 Å². The van der Waals surface area contributed by atoms with Crippen molar-refractivity contribution in [1.82, 2.24) is 14.9 Å². The Morgan fingerprint density at radius 1 is 0.862 bits per heavy atom. The van der Waals surface area contributed by atoms with E-state index in [2.05, 4.69) is 19.7 Å². The van der Waals surface area contributed by atoms with Crippen molar-refractivity contribution in [3.8, 4) is 0 Å². The molecule has 4 rings (SSSR count). The summed E-state index contributed by atoms with van der Waals surface area (Å²) in [6, 6.07) is 7.36. The van der Waals surface area contributed by atoms with E-state index < -0.39 is 11.7 Å². The maximum atomic E-state index is 12.7. The summed E-state index contributed by atoms with van der Waals surface area (Å²) in [7, 11) is 0. The third-order valence-electron chi connectivity index (χ3n) is 5.31. The number of ether oxygens (including phenoxy) is 1. The molecule has 2 aromatic rings. The van der Waals surface area contributed by atoms with Crippen LogP contribution in [0.1, 0.15) is 11.1 Å². The highest BCUT2D eigenvalue weighted by Crippen LogP contribution is 2.29. The molecule has 1 aromatic heterocycles. The van der Waals surface area contributed by atoms with Crippen molar-refractivity contribution in [1.29, 1.82) is 0 Å². The number of rotatable bonds is 4. The molecule has 156 valence electrons. The van der Waals surface area contributed by atoms with Crippen LogP contribution in [0.3, 0.4) is 0 Å².